The molecule has 0 bridgehead atoms. The summed E-state index contributed by atoms with van der Waals surface area (Å²) in [6.45, 7) is 0. The topological polar surface area (TPSA) is 46.4 Å². The van der Waals surface area contributed by atoms with Crippen LogP contribution in [0.15, 0.2) is 24.3 Å². The number of hydrogen-bond acceptors (Lipinski definition) is 4. The quantitative estimate of drug-likeness (QED) is 0.497. The van der Waals surface area contributed by atoms with Crippen LogP contribution in [-0.2, 0) is 0 Å². The van der Waals surface area contributed by atoms with Gasteiger partial charge < -0.3 is 0 Å². The van der Waals surface area contributed by atoms with Gasteiger partial charge in [-0.05, 0) is 0 Å². The number of nitro groups is 1. The van der Waals surface area contributed by atoms with Crippen LogP contribution in [0.5, 0.6) is 0 Å². The van der Waals surface area contributed by atoms with Crippen LogP contribution in [0, 0.1) is 10.1 Å². The molecule has 2 rings (SSSR count). The number of hydrogen-bond donors (Lipinski definition) is 0. The molecule has 0 amide bonds. The Hall–Kier alpha value is -1.10. The minimum atomic E-state index is -0.336. The first-order chi connectivity index (χ1) is 7.58. The molecule has 6 heteroatoms. The summed E-state index contributed by atoms with van der Waals surface area (Å²) < 4.78 is 2.51. The molecule has 2 heterocycles. The van der Waals surface area contributed by atoms with Gasteiger partial charge in [-0.2, -0.15) is 0 Å². The van der Waals surface area contributed by atoms with Crippen molar-refractivity contribution in [1.82, 2.24) is 0 Å². The van der Waals surface area contributed by atoms with E-state index < -0.39 is 0 Å². The monoisotopic (exact) mass is 302 g/mol. The molecule has 0 radical (unpaired) electrons. The Kier molecular flexibility index (Phi) is 3.14. The van der Waals surface area contributed by atoms with Gasteiger partial charge in [-0.1, -0.05) is 0 Å². The standard InChI is InChI=1S/C10H10N2O2SSe/c1-11(2)10-6-4-8(16-10)7-3-5-9(15-7)12(13)14/h3-6H,1-2H3. The average Bonchev–Trinajstić information content (AvgIpc) is 2.86. The third-order valence-corrected chi connectivity index (χ3v) is 6.11. The first kappa shape index (κ1) is 11.4. The van der Waals surface area contributed by atoms with E-state index in [0.717, 1.165) is 4.88 Å². The number of anilines is 1. The molecule has 84 valence electrons. The fraction of sp³-hybridized carbons (Fsp3) is 0.200. The van der Waals surface area contributed by atoms with Crippen LogP contribution in [0.25, 0.3) is 9.31 Å². The Morgan fingerprint density at radius 3 is 2.56 bits per heavy atom. The van der Waals surface area contributed by atoms with E-state index >= 15 is 0 Å². The van der Waals surface area contributed by atoms with Crippen LogP contribution >= 0.6 is 11.3 Å². The molecule has 2 aromatic rings. The Morgan fingerprint density at radius 1 is 1.31 bits per heavy atom. The molecule has 0 aliphatic carbocycles. The third kappa shape index (κ3) is 2.19. The first-order valence-electron chi connectivity index (χ1n) is 4.59. The molecule has 0 fully saturated rings. The molecule has 0 atom stereocenters. The zero-order valence-corrected chi connectivity index (χ0v) is 11.4. The van der Waals surface area contributed by atoms with Gasteiger partial charge in [-0.15, -0.1) is 0 Å². The van der Waals surface area contributed by atoms with Gasteiger partial charge >= 0.3 is 103 Å². The summed E-state index contributed by atoms with van der Waals surface area (Å²) in [4.78, 5) is 13.3. The van der Waals surface area contributed by atoms with Crippen LogP contribution < -0.4 is 4.90 Å². The van der Waals surface area contributed by atoms with Crippen LogP contribution in [0.2, 0.25) is 0 Å². The van der Waals surface area contributed by atoms with Crippen molar-refractivity contribution < 1.29 is 4.92 Å². The van der Waals surface area contributed by atoms with Crippen molar-refractivity contribution in [3.63, 3.8) is 0 Å². The molecule has 0 aliphatic rings. The maximum atomic E-state index is 10.6. The van der Waals surface area contributed by atoms with Gasteiger partial charge in [0.25, 0.3) is 0 Å². The van der Waals surface area contributed by atoms with E-state index in [1.165, 1.54) is 20.3 Å². The molecular weight excluding hydrogens is 291 g/mol. The second-order valence-corrected chi connectivity index (χ2v) is 6.72. The van der Waals surface area contributed by atoms with E-state index in [1.54, 1.807) is 6.07 Å². The number of nitrogens with zero attached hydrogens (tertiary/aromatic N) is 2. The molecule has 0 aliphatic heterocycles. The molecule has 0 saturated carbocycles. The van der Waals surface area contributed by atoms with E-state index in [1.807, 2.05) is 20.2 Å². The summed E-state index contributed by atoms with van der Waals surface area (Å²) >= 11 is 1.51. The van der Waals surface area contributed by atoms with Crippen LogP contribution in [0.3, 0.4) is 0 Å². The molecule has 0 aromatic carbocycles. The van der Waals surface area contributed by atoms with Gasteiger partial charge in [0.05, 0.1) is 0 Å². The van der Waals surface area contributed by atoms with Crippen molar-refractivity contribution in [2.75, 3.05) is 19.0 Å². The molecule has 0 N–H and O–H groups in total. The summed E-state index contributed by atoms with van der Waals surface area (Å²) in [5.74, 6) is 0. The second kappa shape index (κ2) is 4.41. The summed E-state index contributed by atoms with van der Waals surface area (Å²) in [6.07, 6.45) is 0. The second-order valence-electron chi connectivity index (χ2n) is 3.43. The SMILES string of the molecule is CN(C)c1ccc(-c2ccc([N+](=O)[O-])s2)[se]1. The summed E-state index contributed by atoms with van der Waals surface area (Å²) in [6, 6.07) is 7.55. The molecule has 2 aromatic heterocycles. The minimum absolute atomic E-state index is 0.213. The van der Waals surface area contributed by atoms with Gasteiger partial charge in [-0.3, -0.25) is 0 Å². The van der Waals surface area contributed by atoms with E-state index in [2.05, 4.69) is 17.0 Å². The zero-order valence-electron chi connectivity index (χ0n) is 8.84. The van der Waals surface area contributed by atoms with Crippen molar-refractivity contribution in [2.24, 2.45) is 0 Å². The fourth-order valence-electron chi connectivity index (χ4n) is 1.26. The number of rotatable bonds is 3. The molecule has 0 saturated heterocycles. The summed E-state index contributed by atoms with van der Waals surface area (Å²) in [5, 5.41) is 10.8. The first-order valence-corrected chi connectivity index (χ1v) is 7.12. The zero-order chi connectivity index (χ0) is 11.7. The van der Waals surface area contributed by atoms with Gasteiger partial charge in [0.2, 0.25) is 0 Å². The van der Waals surface area contributed by atoms with Gasteiger partial charge in [0.15, 0.2) is 0 Å². The Labute approximate surface area is 103 Å². The van der Waals surface area contributed by atoms with Crippen molar-refractivity contribution in [3.8, 4) is 9.31 Å². The van der Waals surface area contributed by atoms with Crippen LogP contribution in [0.4, 0.5) is 9.56 Å². The molecule has 16 heavy (non-hydrogen) atoms. The average molecular weight is 301 g/mol. The van der Waals surface area contributed by atoms with Crippen molar-refractivity contribution in [2.45, 2.75) is 0 Å². The Bertz CT molecular complexity index is 518. The predicted octanol–water partition coefficient (Wildman–Crippen LogP) is 2.45. The maximum absolute atomic E-state index is 10.6. The Morgan fingerprint density at radius 2 is 2.06 bits per heavy atom. The summed E-state index contributed by atoms with van der Waals surface area (Å²) in [7, 11) is 4.03. The van der Waals surface area contributed by atoms with Crippen LogP contribution in [-0.4, -0.2) is 33.5 Å². The van der Waals surface area contributed by atoms with E-state index in [0.29, 0.717) is 0 Å². The van der Waals surface area contributed by atoms with Crippen molar-refractivity contribution in [1.29, 1.82) is 0 Å². The van der Waals surface area contributed by atoms with Gasteiger partial charge in [-0.25, -0.2) is 0 Å². The Balaban J connectivity index is 2.31. The molecule has 4 nitrogen and oxygen atoms in total. The predicted molar refractivity (Wildman–Crippen MR) is 67.7 cm³/mol. The van der Waals surface area contributed by atoms with Crippen LogP contribution in [0.1, 0.15) is 0 Å². The van der Waals surface area contributed by atoms with Gasteiger partial charge in [0.1, 0.15) is 0 Å². The van der Waals surface area contributed by atoms with E-state index in [-0.39, 0.29) is 24.4 Å². The fourth-order valence-corrected chi connectivity index (χ4v) is 4.26. The summed E-state index contributed by atoms with van der Waals surface area (Å²) in [5.41, 5.74) is 0. The normalized spacial score (nSPS) is 10.4. The molecule has 0 spiro atoms. The van der Waals surface area contributed by atoms with Crippen molar-refractivity contribution in [3.05, 3.63) is 34.4 Å². The number of thiophene rings is 1. The van der Waals surface area contributed by atoms with Crippen molar-refractivity contribution >= 4 is 35.4 Å². The molecule has 0 unspecified atom stereocenters. The third-order valence-electron chi connectivity index (χ3n) is 2.05. The van der Waals surface area contributed by atoms with E-state index in [4.69, 9.17) is 0 Å². The van der Waals surface area contributed by atoms with E-state index in [9.17, 15) is 10.1 Å². The van der Waals surface area contributed by atoms with Gasteiger partial charge in [0, 0.05) is 0 Å². The molecular formula is C10H10N2O2SSe.